The Morgan fingerprint density at radius 2 is 1.62 bits per heavy atom. The summed E-state index contributed by atoms with van der Waals surface area (Å²) in [5.41, 5.74) is 0.598. The molecule has 0 saturated heterocycles. The molecule has 0 amide bonds. The van der Waals surface area contributed by atoms with Gasteiger partial charge in [-0.05, 0) is 35.4 Å². The summed E-state index contributed by atoms with van der Waals surface area (Å²) in [6.45, 7) is 15.5. The normalized spacial score (nSPS) is 21.4. The van der Waals surface area contributed by atoms with Crippen molar-refractivity contribution in [1.29, 1.82) is 0 Å². The Hall–Kier alpha value is -0.843. The Labute approximate surface area is 161 Å². The van der Waals surface area contributed by atoms with Crippen LogP contribution >= 0.6 is 0 Å². The first-order valence-corrected chi connectivity index (χ1v) is 12.5. The van der Waals surface area contributed by atoms with Crippen LogP contribution in [0.3, 0.4) is 0 Å². The molecule has 1 fully saturated rings. The Kier molecular flexibility index (Phi) is 8.37. The van der Waals surface area contributed by atoms with E-state index in [1.807, 2.05) is 0 Å². The Balaban J connectivity index is 3.13. The van der Waals surface area contributed by atoms with Crippen LogP contribution in [-0.2, 0) is 14.0 Å². The molecule has 1 aliphatic carbocycles. The average molecular weight is 385 g/mol. The molecule has 0 aliphatic heterocycles. The Bertz CT molecular complexity index is 476. The Morgan fingerprint density at radius 1 is 1.08 bits per heavy atom. The molecule has 2 atom stereocenters. The van der Waals surface area contributed by atoms with Crippen molar-refractivity contribution in [2.24, 2.45) is 11.8 Å². The maximum atomic E-state index is 13.1. The van der Waals surface area contributed by atoms with E-state index in [1.54, 1.807) is 0 Å². The van der Waals surface area contributed by atoms with E-state index in [0.717, 1.165) is 19.3 Å². The lowest BCUT2D eigenvalue weighted by Gasteiger charge is -2.49. The van der Waals surface area contributed by atoms with Crippen molar-refractivity contribution in [2.45, 2.75) is 110 Å². The molecule has 0 aromatic carbocycles. The minimum Gasteiger partial charge on any atom is -0.518 e. The molecule has 1 aliphatic rings. The van der Waals surface area contributed by atoms with Gasteiger partial charge < -0.3 is 9.53 Å². The van der Waals surface area contributed by atoms with Crippen LogP contribution in [0.25, 0.3) is 0 Å². The van der Waals surface area contributed by atoms with Gasteiger partial charge in [-0.15, -0.1) is 0 Å². The van der Waals surface area contributed by atoms with Crippen molar-refractivity contribution in [3.63, 3.8) is 0 Å². The van der Waals surface area contributed by atoms with Gasteiger partial charge in [-0.3, -0.25) is 9.59 Å². The molecule has 0 heterocycles. The number of carbonyl (C=O) groups excluding carboxylic acids is 1. The van der Waals surface area contributed by atoms with Gasteiger partial charge in [0, 0.05) is 0 Å². The number of carboxylic acids is 1. The van der Waals surface area contributed by atoms with Crippen molar-refractivity contribution in [3.05, 3.63) is 0 Å². The average Bonchev–Trinajstić information content (AvgIpc) is 3.01. The van der Waals surface area contributed by atoms with Crippen LogP contribution in [0, 0.1) is 11.8 Å². The van der Waals surface area contributed by atoms with Crippen LogP contribution in [0.1, 0.15) is 93.4 Å². The van der Waals surface area contributed by atoms with Gasteiger partial charge in [0.25, 0.3) is 14.3 Å². The lowest BCUT2D eigenvalue weighted by molar-refractivity contribution is -0.151. The molecule has 0 bridgehead atoms. The molecule has 152 valence electrons. The summed E-state index contributed by atoms with van der Waals surface area (Å²) >= 11 is 0. The largest absolute Gasteiger partial charge is 0.518 e. The maximum Gasteiger partial charge on any atom is 0.307 e. The highest BCUT2D eigenvalue weighted by Crippen LogP contribution is 2.54. The summed E-state index contributed by atoms with van der Waals surface area (Å²) in [7, 11) is -2.47. The third-order valence-corrected chi connectivity index (χ3v) is 12.9. The van der Waals surface area contributed by atoms with Crippen molar-refractivity contribution in [2.75, 3.05) is 0 Å². The van der Waals surface area contributed by atoms with Gasteiger partial charge in [0.15, 0.2) is 0 Å². The maximum absolute atomic E-state index is 13.1. The van der Waals surface area contributed by atoms with E-state index >= 15 is 0 Å². The van der Waals surface area contributed by atoms with E-state index in [0.29, 0.717) is 23.9 Å². The fraction of sp³-hybridized carbons (Fsp3) is 0.905. The highest BCUT2D eigenvalue weighted by Gasteiger charge is 2.57. The summed E-state index contributed by atoms with van der Waals surface area (Å²) in [6, 6.07) is 0. The lowest BCUT2D eigenvalue weighted by atomic mass is 9.97. The van der Waals surface area contributed by atoms with E-state index in [-0.39, 0.29) is 11.0 Å². The standard InChI is InChI=1S/C21H40O4Si/c1-8-9-10-14-21(6,7)26(15(2)3,16(4)5)25-20(24)18-13-11-12-17(18)19(22)23/h15-18H,8-14H2,1-7H3,(H,22,23). The minimum absolute atomic E-state index is 0.0303. The van der Waals surface area contributed by atoms with Gasteiger partial charge in [-0.1, -0.05) is 74.1 Å². The summed E-state index contributed by atoms with van der Waals surface area (Å²) in [5, 5.41) is 9.43. The smallest absolute Gasteiger partial charge is 0.307 e. The van der Waals surface area contributed by atoms with Gasteiger partial charge in [0.05, 0.1) is 11.8 Å². The predicted molar refractivity (Wildman–Crippen MR) is 109 cm³/mol. The third-order valence-electron chi connectivity index (χ3n) is 6.58. The molecular formula is C21H40O4Si. The number of carboxylic acid groups (broad SMARTS) is 1. The molecule has 1 N–H and O–H groups in total. The van der Waals surface area contributed by atoms with Crippen LogP contribution in [0.2, 0.25) is 16.1 Å². The van der Waals surface area contributed by atoms with Gasteiger partial charge >= 0.3 is 5.97 Å². The number of unbranched alkanes of at least 4 members (excludes halogenated alkanes) is 2. The minimum atomic E-state index is -2.47. The van der Waals surface area contributed by atoms with Crippen LogP contribution in [-0.4, -0.2) is 25.4 Å². The quantitative estimate of drug-likeness (QED) is 0.362. The first kappa shape index (κ1) is 23.2. The molecule has 5 heteroatoms. The van der Waals surface area contributed by atoms with Crippen molar-refractivity contribution in [3.8, 4) is 0 Å². The zero-order chi connectivity index (χ0) is 20.1. The van der Waals surface area contributed by atoms with E-state index in [4.69, 9.17) is 4.43 Å². The molecule has 1 rings (SSSR count). The zero-order valence-corrected chi connectivity index (χ0v) is 18.9. The topological polar surface area (TPSA) is 63.6 Å². The molecule has 0 spiro atoms. The lowest BCUT2D eigenvalue weighted by Crippen LogP contribution is -2.55. The molecule has 2 unspecified atom stereocenters. The molecule has 26 heavy (non-hydrogen) atoms. The fourth-order valence-corrected chi connectivity index (χ4v) is 11.7. The molecule has 1 saturated carbocycles. The number of aliphatic carboxylic acids is 1. The van der Waals surface area contributed by atoms with Gasteiger partial charge in [0.2, 0.25) is 0 Å². The van der Waals surface area contributed by atoms with Gasteiger partial charge in [0.1, 0.15) is 0 Å². The summed E-state index contributed by atoms with van der Waals surface area (Å²) in [4.78, 5) is 24.6. The molecule has 0 radical (unpaired) electrons. The Morgan fingerprint density at radius 3 is 2.08 bits per heavy atom. The van der Waals surface area contributed by atoms with Crippen LogP contribution in [0.5, 0.6) is 0 Å². The number of hydrogen-bond acceptors (Lipinski definition) is 3. The fourth-order valence-electron chi connectivity index (χ4n) is 5.40. The third kappa shape index (κ3) is 4.70. The van der Waals surface area contributed by atoms with Crippen LogP contribution in [0.4, 0.5) is 0 Å². The van der Waals surface area contributed by atoms with Crippen LogP contribution in [0.15, 0.2) is 0 Å². The number of carbonyl (C=O) groups is 2. The first-order valence-electron chi connectivity index (χ1n) is 10.5. The molecule has 0 aromatic rings. The second kappa shape index (κ2) is 9.38. The van der Waals surface area contributed by atoms with Gasteiger partial charge in [-0.2, -0.15) is 0 Å². The second-order valence-corrected chi connectivity index (χ2v) is 14.8. The van der Waals surface area contributed by atoms with E-state index in [1.165, 1.54) is 12.8 Å². The summed E-state index contributed by atoms with van der Waals surface area (Å²) in [6.07, 6.45) is 6.62. The van der Waals surface area contributed by atoms with Crippen molar-refractivity contribution >= 4 is 20.3 Å². The molecule has 4 nitrogen and oxygen atoms in total. The van der Waals surface area contributed by atoms with E-state index in [9.17, 15) is 14.7 Å². The number of hydrogen-bond donors (Lipinski definition) is 1. The van der Waals surface area contributed by atoms with E-state index in [2.05, 4.69) is 48.5 Å². The second-order valence-electron chi connectivity index (χ2n) is 9.35. The summed E-state index contributed by atoms with van der Waals surface area (Å²) in [5.74, 6) is -2.14. The SMILES string of the molecule is CCCCCC(C)(C)[Si](OC(=O)C1CCCC1C(=O)O)(C(C)C)C(C)C. The van der Waals surface area contributed by atoms with Crippen molar-refractivity contribution < 1.29 is 19.1 Å². The monoisotopic (exact) mass is 384 g/mol. The number of rotatable bonds is 10. The summed E-state index contributed by atoms with van der Waals surface area (Å²) < 4.78 is 6.46. The zero-order valence-electron chi connectivity index (χ0n) is 17.9. The highest BCUT2D eigenvalue weighted by atomic mass is 28.4. The van der Waals surface area contributed by atoms with E-state index < -0.39 is 26.1 Å². The predicted octanol–water partition coefficient (Wildman–Crippen LogP) is 6.16. The highest BCUT2D eigenvalue weighted by molar-refractivity contribution is 6.80. The van der Waals surface area contributed by atoms with Crippen LogP contribution < -0.4 is 0 Å². The molecule has 0 aromatic heterocycles. The van der Waals surface area contributed by atoms with Crippen molar-refractivity contribution in [1.82, 2.24) is 0 Å². The van der Waals surface area contributed by atoms with Gasteiger partial charge in [-0.25, -0.2) is 0 Å². The molecular weight excluding hydrogens is 344 g/mol. The first-order chi connectivity index (χ1) is 12.0.